The second-order valence-corrected chi connectivity index (χ2v) is 10.6. The molecular weight excluding hydrogens is 536 g/mol. The number of pyridine rings is 1. The van der Waals surface area contributed by atoms with Gasteiger partial charge in [0.05, 0.1) is 24.4 Å². The SMILES string of the molecule is COc1ccc(-c2nc(-c3ccncc3)nn2CCN(C(=O)Nc2cccc3ccccc23)C2CCCC2)cc1Cl. The van der Waals surface area contributed by atoms with E-state index in [-0.39, 0.29) is 12.1 Å². The maximum absolute atomic E-state index is 13.8. The smallest absolute Gasteiger partial charge is 0.322 e. The Morgan fingerprint density at radius 3 is 2.59 bits per heavy atom. The van der Waals surface area contributed by atoms with Gasteiger partial charge in [0.2, 0.25) is 0 Å². The van der Waals surface area contributed by atoms with Gasteiger partial charge in [-0.1, -0.05) is 60.8 Å². The number of anilines is 1. The van der Waals surface area contributed by atoms with Crippen LogP contribution in [-0.2, 0) is 6.54 Å². The van der Waals surface area contributed by atoms with Crippen molar-refractivity contribution in [3.63, 3.8) is 0 Å². The molecule has 0 spiro atoms. The maximum Gasteiger partial charge on any atom is 0.322 e. The van der Waals surface area contributed by atoms with Crippen LogP contribution in [0.5, 0.6) is 5.75 Å². The standard InChI is InChI=1S/C32H31ClN6O2/c1-41-29-14-13-24(21-27(29)33)31-36-30(23-15-17-34-18-16-23)37-39(31)20-19-38(25-9-3-4-10-25)32(40)35-28-12-6-8-22-7-2-5-11-26(22)28/h2,5-8,11-18,21,25H,3-4,9-10,19-20H2,1H3,(H,35,40). The molecule has 0 aliphatic heterocycles. The molecule has 1 N–H and O–H groups in total. The van der Waals surface area contributed by atoms with Crippen LogP contribution in [0.25, 0.3) is 33.5 Å². The van der Waals surface area contributed by atoms with Crippen molar-refractivity contribution in [2.75, 3.05) is 19.0 Å². The van der Waals surface area contributed by atoms with Crippen LogP contribution in [-0.4, -0.2) is 50.4 Å². The minimum absolute atomic E-state index is 0.100. The van der Waals surface area contributed by atoms with E-state index >= 15 is 0 Å². The highest BCUT2D eigenvalue weighted by molar-refractivity contribution is 6.32. The van der Waals surface area contributed by atoms with Crippen LogP contribution < -0.4 is 10.1 Å². The number of aromatic nitrogens is 4. The van der Waals surface area contributed by atoms with E-state index in [2.05, 4.69) is 22.4 Å². The molecule has 6 rings (SSSR count). The number of carbonyl (C=O) groups is 1. The third-order valence-corrected chi connectivity index (χ3v) is 7.93. The van der Waals surface area contributed by atoms with Crippen molar-refractivity contribution in [1.82, 2.24) is 24.6 Å². The molecule has 0 radical (unpaired) electrons. The number of carbonyl (C=O) groups excluding carboxylic acids is 1. The number of nitrogens with one attached hydrogen (secondary N) is 1. The van der Waals surface area contributed by atoms with Crippen LogP contribution in [0, 0.1) is 0 Å². The number of fused-ring (bicyclic) bond motifs is 1. The maximum atomic E-state index is 13.8. The lowest BCUT2D eigenvalue weighted by Gasteiger charge is -2.29. The quantitative estimate of drug-likeness (QED) is 0.213. The molecule has 0 atom stereocenters. The highest BCUT2D eigenvalue weighted by atomic mass is 35.5. The Labute approximate surface area is 243 Å². The zero-order chi connectivity index (χ0) is 28.2. The third-order valence-electron chi connectivity index (χ3n) is 7.63. The molecule has 41 heavy (non-hydrogen) atoms. The van der Waals surface area contributed by atoms with Crippen molar-refractivity contribution in [2.45, 2.75) is 38.3 Å². The monoisotopic (exact) mass is 566 g/mol. The van der Waals surface area contributed by atoms with Crippen molar-refractivity contribution in [3.05, 3.63) is 90.2 Å². The third kappa shape index (κ3) is 5.74. The minimum atomic E-state index is -0.100. The average molecular weight is 567 g/mol. The van der Waals surface area contributed by atoms with Crippen LogP contribution in [0.4, 0.5) is 10.5 Å². The Hall–Kier alpha value is -4.43. The number of hydrogen-bond donors (Lipinski definition) is 1. The van der Waals surface area contributed by atoms with E-state index in [4.69, 9.17) is 26.4 Å². The molecule has 1 saturated carbocycles. The van der Waals surface area contributed by atoms with E-state index in [1.807, 2.05) is 70.2 Å². The molecule has 3 aromatic carbocycles. The first kappa shape index (κ1) is 26.8. The molecule has 2 heterocycles. The Bertz CT molecular complexity index is 1660. The number of urea groups is 1. The largest absolute Gasteiger partial charge is 0.495 e. The molecule has 8 nitrogen and oxygen atoms in total. The van der Waals surface area contributed by atoms with Crippen molar-refractivity contribution in [2.24, 2.45) is 0 Å². The summed E-state index contributed by atoms with van der Waals surface area (Å²) in [5, 5.41) is 10.7. The number of benzene rings is 3. The van der Waals surface area contributed by atoms with Gasteiger partial charge in [-0.15, -0.1) is 0 Å². The van der Waals surface area contributed by atoms with E-state index in [1.165, 1.54) is 0 Å². The normalized spacial score (nSPS) is 13.4. The summed E-state index contributed by atoms with van der Waals surface area (Å²) in [5.74, 6) is 1.84. The summed E-state index contributed by atoms with van der Waals surface area (Å²) in [5.41, 5.74) is 2.49. The average Bonchev–Trinajstić information content (AvgIpc) is 3.69. The molecule has 208 valence electrons. The number of methoxy groups -OCH3 is 1. The number of rotatable bonds is 8. The Morgan fingerprint density at radius 2 is 1.80 bits per heavy atom. The lowest BCUT2D eigenvalue weighted by molar-refractivity contribution is 0.184. The lowest BCUT2D eigenvalue weighted by Crippen LogP contribution is -2.43. The first-order chi connectivity index (χ1) is 20.1. The van der Waals surface area contributed by atoms with Crippen LogP contribution >= 0.6 is 11.6 Å². The van der Waals surface area contributed by atoms with E-state index in [1.54, 1.807) is 19.5 Å². The summed E-state index contributed by atoms with van der Waals surface area (Å²) in [6, 6.07) is 23.5. The molecule has 0 bridgehead atoms. The fraction of sp³-hybridized carbons (Fsp3) is 0.250. The van der Waals surface area contributed by atoms with Gasteiger partial charge in [-0.25, -0.2) is 14.5 Å². The molecule has 0 saturated heterocycles. The zero-order valence-electron chi connectivity index (χ0n) is 22.8. The fourth-order valence-electron chi connectivity index (χ4n) is 5.53. The van der Waals surface area contributed by atoms with Crippen LogP contribution in [0.2, 0.25) is 5.02 Å². The molecule has 5 aromatic rings. The van der Waals surface area contributed by atoms with Gasteiger partial charge < -0.3 is 15.0 Å². The first-order valence-electron chi connectivity index (χ1n) is 13.9. The van der Waals surface area contributed by atoms with Crippen molar-refractivity contribution in [1.29, 1.82) is 0 Å². The summed E-state index contributed by atoms with van der Waals surface area (Å²) in [4.78, 5) is 24.8. The van der Waals surface area contributed by atoms with E-state index in [0.717, 1.165) is 53.3 Å². The van der Waals surface area contributed by atoms with Gasteiger partial charge in [0.15, 0.2) is 11.6 Å². The van der Waals surface area contributed by atoms with E-state index in [9.17, 15) is 4.79 Å². The predicted octanol–water partition coefficient (Wildman–Crippen LogP) is 7.30. The Kier molecular flexibility index (Phi) is 7.82. The highest BCUT2D eigenvalue weighted by Crippen LogP contribution is 2.31. The fourth-order valence-corrected chi connectivity index (χ4v) is 5.79. The second kappa shape index (κ2) is 12.0. The number of hydrogen-bond acceptors (Lipinski definition) is 5. The van der Waals surface area contributed by atoms with Gasteiger partial charge in [-0.05, 0) is 54.6 Å². The number of halogens is 1. The van der Waals surface area contributed by atoms with Gasteiger partial charge in [0.1, 0.15) is 5.75 Å². The van der Waals surface area contributed by atoms with Gasteiger partial charge in [-0.2, -0.15) is 5.10 Å². The number of nitrogens with zero attached hydrogens (tertiary/aromatic N) is 5. The molecule has 1 aliphatic carbocycles. The second-order valence-electron chi connectivity index (χ2n) is 10.2. The van der Waals surface area contributed by atoms with Crippen LogP contribution in [0.1, 0.15) is 25.7 Å². The van der Waals surface area contributed by atoms with Gasteiger partial charge in [0.25, 0.3) is 0 Å². The Balaban J connectivity index is 1.30. The van der Waals surface area contributed by atoms with Gasteiger partial charge in [-0.3, -0.25) is 4.98 Å². The molecule has 1 fully saturated rings. The number of amides is 2. The van der Waals surface area contributed by atoms with Crippen molar-refractivity contribution >= 4 is 34.1 Å². The summed E-state index contributed by atoms with van der Waals surface area (Å²) in [6.45, 7) is 0.952. The number of ether oxygens (including phenoxy) is 1. The molecule has 0 unspecified atom stereocenters. The highest BCUT2D eigenvalue weighted by Gasteiger charge is 2.27. The van der Waals surface area contributed by atoms with E-state index in [0.29, 0.717) is 35.5 Å². The summed E-state index contributed by atoms with van der Waals surface area (Å²) in [6.07, 6.45) is 7.66. The van der Waals surface area contributed by atoms with Gasteiger partial charge in [0, 0.05) is 41.5 Å². The zero-order valence-corrected chi connectivity index (χ0v) is 23.6. The van der Waals surface area contributed by atoms with Crippen molar-refractivity contribution in [3.8, 4) is 28.5 Å². The lowest BCUT2D eigenvalue weighted by atomic mass is 10.1. The van der Waals surface area contributed by atoms with Crippen LogP contribution in [0.15, 0.2) is 85.2 Å². The van der Waals surface area contributed by atoms with Crippen molar-refractivity contribution < 1.29 is 9.53 Å². The topological polar surface area (TPSA) is 85.2 Å². The van der Waals surface area contributed by atoms with Crippen LogP contribution in [0.3, 0.4) is 0 Å². The molecule has 2 aromatic heterocycles. The summed E-state index contributed by atoms with van der Waals surface area (Å²) in [7, 11) is 1.59. The first-order valence-corrected chi connectivity index (χ1v) is 14.2. The molecule has 2 amide bonds. The Morgan fingerprint density at radius 1 is 1.02 bits per heavy atom. The summed E-state index contributed by atoms with van der Waals surface area (Å²) >= 11 is 6.48. The predicted molar refractivity (Wildman–Crippen MR) is 162 cm³/mol. The molecular formula is C32H31ClN6O2. The summed E-state index contributed by atoms with van der Waals surface area (Å²) < 4.78 is 7.21. The minimum Gasteiger partial charge on any atom is -0.495 e. The molecule has 1 aliphatic rings. The van der Waals surface area contributed by atoms with Gasteiger partial charge >= 0.3 is 6.03 Å². The van der Waals surface area contributed by atoms with E-state index < -0.39 is 0 Å². The molecule has 9 heteroatoms.